The van der Waals surface area contributed by atoms with Gasteiger partial charge in [-0.2, -0.15) is 0 Å². The summed E-state index contributed by atoms with van der Waals surface area (Å²) < 4.78 is 4.96. The fraction of sp³-hybridized carbons (Fsp3) is 0.0833. The van der Waals surface area contributed by atoms with Gasteiger partial charge in [0.15, 0.2) is 0 Å². The first-order chi connectivity index (χ1) is 9.02. The Morgan fingerprint density at radius 3 is 2.53 bits per heavy atom. The fourth-order valence-corrected chi connectivity index (χ4v) is 1.86. The van der Waals surface area contributed by atoms with Crippen molar-refractivity contribution in [3.63, 3.8) is 0 Å². The van der Waals surface area contributed by atoms with Crippen LogP contribution in [-0.2, 0) is 0 Å². The molecular weight excluding hydrogens is 291 g/mol. The molecule has 0 unspecified atom stereocenters. The van der Waals surface area contributed by atoms with Crippen molar-refractivity contribution in [1.82, 2.24) is 4.98 Å². The van der Waals surface area contributed by atoms with Crippen LogP contribution in [0.15, 0.2) is 30.5 Å². The molecule has 0 fully saturated rings. The van der Waals surface area contributed by atoms with Crippen LogP contribution in [-0.4, -0.2) is 17.0 Å². The number of nitrogens with zero attached hydrogens (tertiary/aromatic N) is 2. The van der Waals surface area contributed by atoms with E-state index in [0.717, 1.165) is 5.56 Å². The highest BCUT2D eigenvalue weighted by Gasteiger charge is 2.17. The van der Waals surface area contributed by atoms with Gasteiger partial charge >= 0.3 is 5.82 Å². The van der Waals surface area contributed by atoms with Crippen molar-refractivity contribution in [2.24, 2.45) is 0 Å². The molecule has 2 rings (SSSR count). The van der Waals surface area contributed by atoms with Crippen molar-refractivity contribution in [2.75, 3.05) is 7.11 Å². The Labute approximate surface area is 118 Å². The molecule has 5 nitrogen and oxygen atoms in total. The third-order valence-corrected chi connectivity index (χ3v) is 3.22. The fourth-order valence-electron chi connectivity index (χ4n) is 1.56. The molecule has 0 aliphatic rings. The molecule has 2 aromatic rings. The molecule has 0 saturated carbocycles. The molecule has 0 aliphatic heterocycles. The zero-order chi connectivity index (χ0) is 14.0. The van der Waals surface area contributed by atoms with E-state index < -0.39 is 4.92 Å². The highest BCUT2D eigenvalue weighted by Crippen LogP contribution is 2.32. The summed E-state index contributed by atoms with van der Waals surface area (Å²) in [6.07, 6.45) is 1.39. The number of halogens is 2. The third-order valence-electron chi connectivity index (χ3n) is 2.48. The Bertz CT molecular complexity index is 647. The van der Waals surface area contributed by atoms with E-state index in [2.05, 4.69) is 4.98 Å². The largest absolute Gasteiger partial charge is 0.489 e. The number of benzene rings is 1. The first-order valence-corrected chi connectivity index (χ1v) is 5.92. The van der Waals surface area contributed by atoms with Gasteiger partial charge in [0.25, 0.3) is 0 Å². The van der Waals surface area contributed by atoms with Crippen LogP contribution in [0.3, 0.4) is 0 Å². The minimum absolute atomic E-state index is 0.0913. The number of hydrogen-bond acceptors (Lipinski definition) is 4. The molecule has 1 aromatic heterocycles. The molecule has 98 valence electrons. The second-order valence-electron chi connectivity index (χ2n) is 3.64. The predicted molar refractivity (Wildman–Crippen MR) is 72.9 cm³/mol. The topological polar surface area (TPSA) is 65.3 Å². The number of aromatic nitrogens is 1. The Balaban J connectivity index is 2.51. The van der Waals surface area contributed by atoms with Gasteiger partial charge in [-0.1, -0.05) is 29.3 Å². The van der Waals surface area contributed by atoms with Crippen LogP contribution in [0, 0.1) is 10.1 Å². The average molecular weight is 299 g/mol. The standard InChI is InChI=1S/C12H8Cl2N2O3/c1-19-11-5-8(6-15-12(11)16(17)18)7-2-3-9(13)10(14)4-7/h2-6H,1H3. The number of nitro groups is 1. The maximum Gasteiger partial charge on any atom is 0.406 e. The number of methoxy groups -OCH3 is 1. The number of pyridine rings is 1. The van der Waals surface area contributed by atoms with Crippen molar-refractivity contribution in [3.05, 3.63) is 50.6 Å². The van der Waals surface area contributed by atoms with E-state index in [-0.39, 0.29) is 11.6 Å². The van der Waals surface area contributed by atoms with Gasteiger partial charge in [-0.05, 0) is 27.6 Å². The minimum atomic E-state index is -0.600. The van der Waals surface area contributed by atoms with Gasteiger partial charge < -0.3 is 14.9 Å². The van der Waals surface area contributed by atoms with E-state index in [1.807, 2.05) is 0 Å². The molecule has 0 spiro atoms. The van der Waals surface area contributed by atoms with E-state index in [1.165, 1.54) is 19.4 Å². The second-order valence-corrected chi connectivity index (χ2v) is 4.45. The normalized spacial score (nSPS) is 10.3. The van der Waals surface area contributed by atoms with Crippen molar-refractivity contribution in [3.8, 4) is 16.9 Å². The van der Waals surface area contributed by atoms with Crippen molar-refractivity contribution in [2.45, 2.75) is 0 Å². The molecule has 7 heteroatoms. The first-order valence-electron chi connectivity index (χ1n) is 5.16. The lowest BCUT2D eigenvalue weighted by atomic mass is 10.1. The number of hydrogen-bond donors (Lipinski definition) is 0. The summed E-state index contributed by atoms with van der Waals surface area (Å²) >= 11 is 11.8. The van der Waals surface area contributed by atoms with Gasteiger partial charge in [0.05, 0.1) is 17.2 Å². The summed E-state index contributed by atoms with van der Waals surface area (Å²) in [5, 5.41) is 11.6. The minimum Gasteiger partial charge on any atom is -0.489 e. The van der Waals surface area contributed by atoms with Crippen molar-refractivity contribution in [1.29, 1.82) is 0 Å². The zero-order valence-electron chi connectivity index (χ0n) is 9.76. The highest BCUT2D eigenvalue weighted by molar-refractivity contribution is 6.42. The van der Waals surface area contributed by atoms with E-state index >= 15 is 0 Å². The Kier molecular flexibility index (Phi) is 3.87. The Morgan fingerprint density at radius 2 is 1.95 bits per heavy atom. The van der Waals surface area contributed by atoms with Crippen LogP contribution in [0.25, 0.3) is 11.1 Å². The Morgan fingerprint density at radius 1 is 1.21 bits per heavy atom. The molecule has 0 aliphatic carbocycles. The number of ether oxygens (including phenoxy) is 1. The van der Waals surface area contributed by atoms with Crippen LogP contribution < -0.4 is 4.74 Å². The lowest BCUT2D eigenvalue weighted by molar-refractivity contribution is -0.390. The van der Waals surface area contributed by atoms with Gasteiger partial charge in [0.2, 0.25) is 5.75 Å². The molecule has 0 saturated heterocycles. The van der Waals surface area contributed by atoms with Gasteiger partial charge in [-0.3, -0.25) is 0 Å². The molecule has 1 aromatic carbocycles. The van der Waals surface area contributed by atoms with Crippen molar-refractivity contribution < 1.29 is 9.66 Å². The average Bonchev–Trinajstić information content (AvgIpc) is 2.41. The molecule has 0 bridgehead atoms. The molecule has 1 heterocycles. The monoisotopic (exact) mass is 298 g/mol. The summed E-state index contributed by atoms with van der Waals surface area (Å²) in [5.74, 6) is -0.236. The quantitative estimate of drug-likeness (QED) is 0.635. The molecular formula is C12H8Cl2N2O3. The van der Waals surface area contributed by atoms with E-state index in [1.54, 1.807) is 18.2 Å². The maximum atomic E-state index is 10.8. The first kappa shape index (κ1) is 13.6. The Hall–Kier alpha value is -1.85. The van der Waals surface area contributed by atoms with Crippen LogP contribution in [0.5, 0.6) is 5.75 Å². The summed E-state index contributed by atoms with van der Waals surface area (Å²) in [7, 11) is 1.35. The summed E-state index contributed by atoms with van der Waals surface area (Å²) in [6, 6.07) is 6.58. The highest BCUT2D eigenvalue weighted by atomic mass is 35.5. The van der Waals surface area contributed by atoms with Crippen molar-refractivity contribution >= 4 is 29.0 Å². The maximum absolute atomic E-state index is 10.8. The van der Waals surface area contributed by atoms with Gasteiger partial charge in [0.1, 0.15) is 6.20 Å². The summed E-state index contributed by atoms with van der Waals surface area (Å²) in [4.78, 5) is 13.9. The van der Waals surface area contributed by atoms with E-state index in [9.17, 15) is 10.1 Å². The predicted octanol–water partition coefficient (Wildman–Crippen LogP) is 3.97. The van der Waals surface area contributed by atoms with Crippen LogP contribution in [0.2, 0.25) is 10.0 Å². The molecule has 0 amide bonds. The SMILES string of the molecule is COc1cc(-c2ccc(Cl)c(Cl)c2)cnc1[N+](=O)[O-]. The lowest BCUT2D eigenvalue weighted by Gasteiger charge is -2.05. The molecule has 0 radical (unpaired) electrons. The van der Waals surface area contributed by atoms with Gasteiger partial charge in [0, 0.05) is 11.6 Å². The van der Waals surface area contributed by atoms with Gasteiger partial charge in [-0.25, -0.2) is 0 Å². The van der Waals surface area contributed by atoms with Gasteiger partial charge in [-0.15, -0.1) is 0 Å². The zero-order valence-corrected chi connectivity index (χ0v) is 11.3. The summed E-state index contributed by atoms with van der Waals surface area (Å²) in [6.45, 7) is 0. The summed E-state index contributed by atoms with van der Waals surface area (Å²) in [5.41, 5.74) is 1.40. The molecule has 19 heavy (non-hydrogen) atoms. The van der Waals surface area contributed by atoms with Crippen LogP contribution >= 0.6 is 23.2 Å². The third kappa shape index (κ3) is 2.77. The van der Waals surface area contributed by atoms with E-state index in [4.69, 9.17) is 27.9 Å². The number of rotatable bonds is 3. The molecule has 0 N–H and O–H groups in total. The lowest BCUT2D eigenvalue weighted by Crippen LogP contribution is -1.97. The molecule has 0 atom stereocenters. The van der Waals surface area contributed by atoms with Crippen LogP contribution in [0.1, 0.15) is 0 Å². The smallest absolute Gasteiger partial charge is 0.406 e. The second kappa shape index (κ2) is 5.42. The van der Waals surface area contributed by atoms with E-state index in [0.29, 0.717) is 15.6 Å². The van der Waals surface area contributed by atoms with Crippen LogP contribution in [0.4, 0.5) is 5.82 Å².